The van der Waals surface area contributed by atoms with Gasteiger partial charge in [-0.15, -0.1) is 16.7 Å². The molecule has 0 unspecified atom stereocenters. The normalized spacial score (nSPS) is 30.5. The summed E-state index contributed by atoms with van der Waals surface area (Å²) in [5.74, 6) is -0.552. The molecule has 0 amide bonds. The zero-order valence-corrected chi connectivity index (χ0v) is 6.74. The first kappa shape index (κ1) is 8.32. The van der Waals surface area contributed by atoms with E-state index < -0.39 is 12.0 Å². The Morgan fingerprint density at radius 2 is 2.45 bits per heavy atom. The molecular weight excluding hydrogens is 168 g/mol. The quantitative estimate of drug-likeness (QED) is 0.621. The fraction of sp³-hybridized carbons (Fsp3) is 0.800. The van der Waals surface area contributed by atoms with Crippen LogP contribution >= 0.6 is 11.8 Å². The summed E-state index contributed by atoms with van der Waals surface area (Å²) < 4.78 is 0. The van der Waals surface area contributed by atoms with Gasteiger partial charge in [0.15, 0.2) is 6.04 Å². The molecule has 1 rings (SSSR count). The number of thioether (sulfide) groups is 1. The lowest BCUT2D eigenvalue weighted by molar-refractivity contribution is -0.142. The van der Waals surface area contributed by atoms with Crippen LogP contribution in [0.25, 0.3) is 0 Å². The molecule has 0 radical (unpaired) electrons. The second-order valence-electron chi connectivity index (χ2n) is 2.25. The maximum atomic E-state index is 10.5. The van der Waals surface area contributed by atoms with Gasteiger partial charge in [-0.2, -0.15) is 0 Å². The average molecular weight is 176 g/mol. The van der Waals surface area contributed by atoms with Crippen LogP contribution in [0, 0.1) is 4.91 Å². The summed E-state index contributed by atoms with van der Waals surface area (Å²) in [6.07, 6.45) is 0. The minimum atomic E-state index is -0.985. The van der Waals surface area contributed by atoms with Gasteiger partial charge in [-0.3, -0.25) is 0 Å². The number of hydrogen-bond acceptors (Lipinski definition) is 4. The second kappa shape index (κ2) is 3.08. The summed E-state index contributed by atoms with van der Waals surface area (Å²) >= 11 is 1.42. The van der Waals surface area contributed by atoms with Crippen molar-refractivity contribution < 1.29 is 9.90 Å². The first-order valence-electron chi connectivity index (χ1n) is 3.13. The maximum absolute atomic E-state index is 10.5. The maximum Gasteiger partial charge on any atom is 0.329 e. The van der Waals surface area contributed by atoms with Crippen molar-refractivity contribution in [1.82, 2.24) is 5.01 Å². The summed E-state index contributed by atoms with van der Waals surface area (Å²) in [4.78, 5) is 20.6. The lowest BCUT2D eigenvalue weighted by Gasteiger charge is -2.15. The molecule has 0 saturated carbocycles. The Balaban J connectivity index is 2.68. The monoisotopic (exact) mass is 176 g/mol. The topological polar surface area (TPSA) is 70.0 Å². The number of nitrogens with zero attached hydrogens (tertiary/aromatic N) is 2. The summed E-state index contributed by atoms with van der Waals surface area (Å²) in [6.45, 7) is 1.76. The van der Waals surface area contributed by atoms with E-state index in [0.29, 0.717) is 5.75 Å². The van der Waals surface area contributed by atoms with Gasteiger partial charge in [-0.05, 0) is 6.92 Å². The number of nitroso groups, excluding NO2 is 1. The van der Waals surface area contributed by atoms with Crippen molar-refractivity contribution >= 4 is 17.7 Å². The molecule has 5 nitrogen and oxygen atoms in total. The van der Waals surface area contributed by atoms with E-state index in [9.17, 15) is 9.70 Å². The van der Waals surface area contributed by atoms with Gasteiger partial charge < -0.3 is 5.11 Å². The zero-order chi connectivity index (χ0) is 8.43. The van der Waals surface area contributed by atoms with Crippen molar-refractivity contribution in [3.63, 3.8) is 0 Å². The van der Waals surface area contributed by atoms with Crippen LogP contribution in [0.15, 0.2) is 5.29 Å². The Kier molecular flexibility index (Phi) is 2.33. The van der Waals surface area contributed by atoms with Crippen LogP contribution in [0.2, 0.25) is 0 Å². The van der Waals surface area contributed by atoms with Gasteiger partial charge >= 0.3 is 5.97 Å². The first-order valence-corrected chi connectivity index (χ1v) is 4.17. The van der Waals surface area contributed by atoms with E-state index in [4.69, 9.17) is 5.11 Å². The van der Waals surface area contributed by atoms with Crippen LogP contribution in [0.5, 0.6) is 0 Å². The molecule has 1 aliphatic rings. The Bertz CT molecular complexity index is 187. The molecule has 0 bridgehead atoms. The van der Waals surface area contributed by atoms with Gasteiger partial charge in [0.25, 0.3) is 0 Å². The third-order valence-electron chi connectivity index (χ3n) is 1.57. The molecule has 0 aromatic rings. The van der Waals surface area contributed by atoms with Gasteiger partial charge in [-0.1, -0.05) is 0 Å². The second-order valence-corrected chi connectivity index (χ2v) is 3.60. The Morgan fingerprint density at radius 3 is 2.82 bits per heavy atom. The van der Waals surface area contributed by atoms with Crippen molar-refractivity contribution in [1.29, 1.82) is 0 Å². The van der Waals surface area contributed by atoms with E-state index in [0.717, 1.165) is 5.01 Å². The molecule has 0 aromatic carbocycles. The van der Waals surface area contributed by atoms with E-state index in [1.165, 1.54) is 11.8 Å². The van der Waals surface area contributed by atoms with Gasteiger partial charge in [-0.25, -0.2) is 9.80 Å². The predicted molar refractivity (Wildman–Crippen MR) is 41.0 cm³/mol. The molecule has 1 saturated heterocycles. The van der Waals surface area contributed by atoms with Crippen LogP contribution in [-0.4, -0.2) is 33.3 Å². The highest BCUT2D eigenvalue weighted by atomic mass is 32.2. The molecule has 0 aliphatic carbocycles. The number of carbonyl (C=O) groups is 1. The number of carboxylic acid groups (broad SMARTS) is 1. The Labute approximate surface area is 67.7 Å². The van der Waals surface area contributed by atoms with Gasteiger partial charge in [0.1, 0.15) is 0 Å². The summed E-state index contributed by atoms with van der Waals surface area (Å²) in [5, 5.41) is 12.2. The van der Waals surface area contributed by atoms with Crippen LogP contribution in [-0.2, 0) is 4.79 Å². The molecule has 1 heterocycles. The largest absolute Gasteiger partial charge is 0.480 e. The van der Waals surface area contributed by atoms with E-state index >= 15 is 0 Å². The SMILES string of the molecule is C[C@@H]1SC[C@H](C(=O)O)N1N=O. The predicted octanol–water partition coefficient (Wildman–Crippen LogP) is 0.516. The molecular formula is C5H8N2O3S. The lowest BCUT2D eigenvalue weighted by atomic mass is 10.3. The molecule has 0 aromatic heterocycles. The molecule has 0 spiro atoms. The highest BCUT2D eigenvalue weighted by Gasteiger charge is 2.36. The van der Waals surface area contributed by atoms with Crippen molar-refractivity contribution in [2.75, 3.05) is 5.75 Å². The fourth-order valence-corrected chi connectivity index (χ4v) is 2.04. The third kappa shape index (κ3) is 1.45. The number of aliphatic carboxylic acids is 1. The summed E-state index contributed by atoms with van der Waals surface area (Å²) in [5.41, 5.74) is 0. The molecule has 2 atom stereocenters. The van der Waals surface area contributed by atoms with Crippen LogP contribution in [0.1, 0.15) is 6.92 Å². The first-order chi connectivity index (χ1) is 5.16. The minimum Gasteiger partial charge on any atom is -0.480 e. The molecule has 6 heteroatoms. The van der Waals surface area contributed by atoms with Crippen LogP contribution < -0.4 is 0 Å². The van der Waals surface area contributed by atoms with Crippen molar-refractivity contribution in [2.24, 2.45) is 5.29 Å². The highest BCUT2D eigenvalue weighted by molar-refractivity contribution is 8.00. The van der Waals surface area contributed by atoms with Crippen LogP contribution in [0.4, 0.5) is 0 Å². The number of hydrogen-bond donors (Lipinski definition) is 1. The smallest absolute Gasteiger partial charge is 0.329 e. The highest BCUT2D eigenvalue weighted by Crippen LogP contribution is 2.28. The lowest BCUT2D eigenvalue weighted by Crippen LogP contribution is -2.36. The molecule has 1 N–H and O–H groups in total. The van der Waals surface area contributed by atoms with Crippen molar-refractivity contribution in [3.8, 4) is 0 Å². The Hall–Kier alpha value is -0.780. The third-order valence-corrected chi connectivity index (χ3v) is 2.77. The van der Waals surface area contributed by atoms with E-state index in [2.05, 4.69) is 5.29 Å². The molecule has 62 valence electrons. The fourth-order valence-electron chi connectivity index (χ4n) is 0.944. The summed E-state index contributed by atoms with van der Waals surface area (Å²) in [6, 6.07) is -0.743. The zero-order valence-electron chi connectivity index (χ0n) is 5.93. The molecule has 1 fully saturated rings. The number of carboxylic acids is 1. The average Bonchev–Trinajstić information content (AvgIpc) is 2.30. The van der Waals surface area contributed by atoms with Gasteiger partial charge in [0, 0.05) is 5.75 Å². The van der Waals surface area contributed by atoms with Gasteiger partial charge in [0.05, 0.1) is 10.7 Å². The molecule has 11 heavy (non-hydrogen) atoms. The van der Waals surface area contributed by atoms with Gasteiger partial charge in [0.2, 0.25) is 0 Å². The summed E-state index contributed by atoms with van der Waals surface area (Å²) in [7, 11) is 0. The Morgan fingerprint density at radius 1 is 1.82 bits per heavy atom. The van der Waals surface area contributed by atoms with E-state index in [1.807, 2.05) is 0 Å². The number of rotatable bonds is 2. The van der Waals surface area contributed by atoms with Crippen molar-refractivity contribution in [3.05, 3.63) is 4.91 Å². The van der Waals surface area contributed by atoms with Crippen molar-refractivity contribution in [2.45, 2.75) is 18.3 Å². The van der Waals surface area contributed by atoms with E-state index in [-0.39, 0.29) is 5.37 Å². The molecule has 1 aliphatic heterocycles. The van der Waals surface area contributed by atoms with E-state index in [1.54, 1.807) is 6.92 Å². The van der Waals surface area contributed by atoms with Crippen LogP contribution in [0.3, 0.4) is 0 Å². The minimum absolute atomic E-state index is 0.117. The standard InChI is InChI=1S/C5H8N2O3S/c1-3-7(6-10)4(2-11-3)5(8)9/h3-4H,2H2,1H3,(H,8,9)/t3-,4+/m0/s1.